The molecule has 2 atom stereocenters. The summed E-state index contributed by atoms with van der Waals surface area (Å²) in [7, 11) is 1.91. The van der Waals surface area contributed by atoms with E-state index in [2.05, 4.69) is 51.6 Å². The zero-order chi connectivity index (χ0) is 17.8. The van der Waals surface area contributed by atoms with Gasteiger partial charge >= 0.3 is 0 Å². The Morgan fingerprint density at radius 3 is 2.54 bits per heavy atom. The lowest BCUT2D eigenvalue weighted by Crippen LogP contribution is -2.24. The smallest absolute Gasteiger partial charge is 0.253 e. The molecule has 8 nitrogen and oxygen atoms in total. The number of benzene rings is 1. The molecule has 0 radical (unpaired) electrons. The SMILES string of the molecule is CNC(C)Cc1noc(C(C(C)C)n2nnc(-c3ccccc3)n2)n1.Cl. The van der Waals surface area contributed by atoms with E-state index in [-0.39, 0.29) is 30.4 Å². The highest BCUT2D eigenvalue weighted by molar-refractivity contribution is 5.85. The fraction of sp³-hybridized carbons (Fsp3) is 0.471. The Balaban J connectivity index is 0.00000243. The zero-order valence-corrected chi connectivity index (χ0v) is 16.1. The summed E-state index contributed by atoms with van der Waals surface area (Å²) >= 11 is 0. The molecule has 0 bridgehead atoms. The van der Waals surface area contributed by atoms with Crippen LogP contribution in [0.2, 0.25) is 0 Å². The van der Waals surface area contributed by atoms with E-state index in [4.69, 9.17) is 4.52 Å². The Labute approximate surface area is 158 Å². The van der Waals surface area contributed by atoms with Gasteiger partial charge in [-0.15, -0.1) is 22.6 Å². The molecule has 9 heteroatoms. The lowest BCUT2D eigenvalue weighted by Gasteiger charge is -2.14. The third-order valence-corrected chi connectivity index (χ3v) is 4.06. The highest BCUT2D eigenvalue weighted by Crippen LogP contribution is 2.24. The molecule has 0 aliphatic rings. The minimum absolute atomic E-state index is 0. The number of hydrogen-bond acceptors (Lipinski definition) is 7. The van der Waals surface area contributed by atoms with Gasteiger partial charge in [0.1, 0.15) is 0 Å². The molecular formula is C17H24ClN7O. The Morgan fingerprint density at radius 1 is 1.15 bits per heavy atom. The van der Waals surface area contributed by atoms with Crippen LogP contribution in [0.4, 0.5) is 0 Å². The molecule has 3 aromatic rings. The van der Waals surface area contributed by atoms with E-state index in [0.29, 0.717) is 24.0 Å². The first-order valence-corrected chi connectivity index (χ1v) is 8.43. The van der Waals surface area contributed by atoms with E-state index in [1.54, 1.807) is 4.80 Å². The van der Waals surface area contributed by atoms with Crippen molar-refractivity contribution in [3.05, 3.63) is 42.0 Å². The first kappa shape index (κ1) is 20.0. The summed E-state index contributed by atoms with van der Waals surface area (Å²) in [6.07, 6.45) is 0.699. The topological polar surface area (TPSA) is 94.6 Å². The molecule has 140 valence electrons. The van der Waals surface area contributed by atoms with Gasteiger partial charge in [0.15, 0.2) is 11.9 Å². The van der Waals surface area contributed by atoms with Gasteiger partial charge < -0.3 is 9.84 Å². The molecule has 0 saturated carbocycles. The molecule has 0 aliphatic carbocycles. The van der Waals surface area contributed by atoms with Gasteiger partial charge in [-0.2, -0.15) is 9.78 Å². The van der Waals surface area contributed by atoms with Gasteiger partial charge in [0.05, 0.1) is 0 Å². The van der Waals surface area contributed by atoms with Gasteiger partial charge in [-0.3, -0.25) is 0 Å². The second-order valence-electron chi connectivity index (χ2n) is 6.43. The van der Waals surface area contributed by atoms with Gasteiger partial charge in [-0.05, 0) is 25.1 Å². The molecule has 0 saturated heterocycles. The summed E-state index contributed by atoms with van der Waals surface area (Å²) in [4.78, 5) is 6.09. The summed E-state index contributed by atoms with van der Waals surface area (Å²) in [5, 5.41) is 20.1. The molecule has 0 fully saturated rings. The number of halogens is 1. The lowest BCUT2D eigenvalue weighted by atomic mass is 10.1. The first-order chi connectivity index (χ1) is 12.1. The Kier molecular flexibility index (Phi) is 6.82. The van der Waals surface area contributed by atoms with E-state index in [1.807, 2.05) is 37.4 Å². The number of hydrogen-bond donors (Lipinski definition) is 1. The van der Waals surface area contributed by atoms with Gasteiger partial charge in [-0.1, -0.05) is 49.3 Å². The number of likely N-dealkylation sites (N-methyl/N-ethyl adjacent to an activating group) is 1. The van der Waals surface area contributed by atoms with Gasteiger partial charge in [0.25, 0.3) is 5.89 Å². The summed E-state index contributed by atoms with van der Waals surface area (Å²) in [5.74, 6) is 1.93. The Hall–Kier alpha value is -2.32. The van der Waals surface area contributed by atoms with Crippen molar-refractivity contribution in [1.82, 2.24) is 35.7 Å². The van der Waals surface area contributed by atoms with Crippen LogP contribution in [0.5, 0.6) is 0 Å². The standard InChI is InChI=1S/C17H23N7O.ClH/c1-11(2)15(17-19-14(22-25-17)10-12(3)18-4)24-21-16(20-23-24)13-8-6-5-7-9-13;/h5-9,11-12,15,18H,10H2,1-4H3;1H. The van der Waals surface area contributed by atoms with E-state index >= 15 is 0 Å². The monoisotopic (exact) mass is 377 g/mol. The molecule has 26 heavy (non-hydrogen) atoms. The van der Waals surface area contributed by atoms with Gasteiger partial charge in [-0.25, -0.2) is 0 Å². The van der Waals surface area contributed by atoms with Gasteiger partial charge in [0, 0.05) is 18.0 Å². The van der Waals surface area contributed by atoms with Crippen LogP contribution in [-0.4, -0.2) is 43.4 Å². The van der Waals surface area contributed by atoms with Crippen molar-refractivity contribution in [2.75, 3.05) is 7.05 Å². The molecule has 1 aromatic carbocycles. The maximum Gasteiger partial charge on any atom is 0.253 e. The van der Waals surface area contributed by atoms with Crippen LogP contribution in [0.3, 0.4) is 0 Å². The number of rotatable bonds is 7. The molecule has 1 N–H and O–H groups in total. The highest BCUT2D eigenvalue weighted by atomic mass is 35.5. The normalized spacial score (nSPS) is 13.4. The van der Waals surface area contributed by atoms with Gasteiger partial charge in [0.2, 0.25) is 5.82 Å². The van der Waals surface area contributed by atoms with Crippen LogP contribution in [0.1, 0.15) is 38.5 Å². The fourth-order valence-corrected chi connectivity index (χ4v) is 2.54. The van der Waals surface area contributed by atoms with Crippen molar-refractivity contribution in [2.24, 2.45) is 5.92 Å². The summed E-state index contributed by atoms with van der Waals surface area (Å²) in [5.41, 5.74) is 0.922. The second-order valence-corrected chi connectivity index (χ2v) is 6.43. The minimum Gasteiger partial charge on any atom is -0.337 e. The minimum atomic E-state index is -0.254. The van der Waals surface area contributed by atoms with Crippen LogP contribution in [0.25, 0.3) is 11.4 Å². The molecule has 0 spiro atoms. The molecule has 2 heterocycles. The molecule has 0 amide bonds. The molecule has 3 rings (SSSR count). The molecular weight excluding hydrogens is 354 g/mol. The van der Waals surface area contributed by atoms with Crippen molar-refractivity contribution >= 4 is 12.4 Å². The maximum atomic E-state index is 5.49. The average molecular weight is 378 g/mol. The zero-order valence-electron chi connectivity index (χ0n) is 15.3. The molecule has 2 aromatic heterocycles. The lowest BCUT2D eigenvalue weighted by molar-refractivity contribution is 0.263. The van der Waals surface area contributed by atoms with Crippen molar-refractivity contribution in [1.29, 1.82) is 0 Å². The first-order valence-electron chi connectivity index (χ1n) is 8.43. The summed E-state index contributed by atoms with van der Waals surface area (Å²) < 4.78 is 5.49. The summed E-state index contributed by atoms with van der Waals surface area (Å²) in [6, 6.07) is 9.78. The average Bonchev–Trinajstić information content (AvgIpc) is 3.26. The number of nitrogens with one attached hydrogen (secondary N) is 1. The third kappa shape index (κ3) is 4.44. The number of nitrogens with zero attached hydrogens (tertiary/aromatic N) is 6. The Bertz CT molecular complexity index is 802. The second kappa shape index (κ2) is 8.86. The van der Waals surface area contributed by atoms with Crippen molar-refractivity contribution in [3.63, 3.8) is 0 Å². The van der Waals surface area contributed by atoms with Crippen molar-refractivity contribution in [2.45, 2.75) is 39.3 Å². The van der Waals surface area contributed by atoms with Crippen LogP contribution < -0.4 is 5.32 Å². The van der Waals surface area contributed by atoms with Crippen LogP contribution in [0, 0.1) is 5.92 Å². The Morgan fingerprint density at radius 2 is 1.88 bits per heavy atom. The van der Waals surface area contributed by atoms with Crippen molar-refractivity contribution in [3.8, 4) is 11.4 Å². The fourth-order valence-electron chi connectivity index (χ4n) is 2.54. The highest BCUT2D eigenvalue weighted by Gasteiger charge is 2.27. The number of tetrazole rings is 1. The van der Waals surface area contributed by atoms with Crippen LogP contribution in [-0.2, 0) is 6.42 Å². The van der Waals surface area contributed by atoms with Crippen LogP contribution in [0.15, 0.2) is 34.9 Å². The van der Waals surface area contributed by atoms with E-state index in [1.165, 1.54) is 0 Å². The van der Waals surface area contributed by atoms with E-state index in [9.17, 15) is 0 Å². The van der Waals surface area contributed by atoms with Crippen LogP contribution >= 0.6 is 12.4 Å². The van der Waals surface area contributed by atoms with E-state index in [0.717, 1.165) is 5.56 Å². The third-order valence-electron chi connectivity index (χ3n) is 4.06. The number of aromatic nitrogens is 6. The largest absolute Gasteiger partial charge is 0.337 e. The maximum absolute atomic E-state index is 5.49. The van der Waals surface area contributed by atoms with Crippen molar-refractivity contribution < 1.29 is 4.52 Å². The summed E-state index contributed by atoms with van der Waals surface area (Å²) in [6.45, 7) is 6.20. The quantitative estimate of drug-likeness (QED) is 0.676. The van der Waals surface area contributed by atoms with E-state index < -0.39 is 0 Å². The predicted octanol–water partition coefficient (Wildman–Crippen LogP) is 2.54. The predicted molar refractivity (Wildman–Crippen MR) is 100 cm³/mol. The molecule has 0 aliphatic heterocycles. The molecule has 2 unspecified atom stereocenters.